The molecule has 16 heavy (non-hydrogen) atoms. The van der Waals surface area contributed by atoms with Crippen LogP contribution in [0.3, 0.4) is 0 Å². The van der Waals surface area contributed by atoms with Crippen molar-refractivity contribution in [3.8, 4) is 0 Å². The molecule has 2 rings (SSSR count). The van der Waals surface area contributed by atoms with E-state index in [9.17, 15) is 5.11 Å². The van der Waals surface area contributed by atoms with E-state index in [4.69, 9.17) is 11.6 Å². The molecular formula is C10H10ClN3OS. The van der Waals surface area contributed by atoms with Crippen LogP contribution in [0.1, 0.15) is 18.6 Å². The molecular weight excluding hydrogens is 246 g/mol. The minimum atomic E-state index is -0.512. The Morgan fingerprint density at radius 2 is 2.31 bits per heavy atom. The lowest BCUT2D eigenvalue weighted by Crippen LogP contribution is -1.90. The molecule has 0 aliphatic rings. The van der Waals surface area contributed by atoms with E-state index in [0.717, 1.165) is 10.5 Å². The number of nitrogens with one attached hydrogen (secondary N) is 1. The van der Waals surface area contributed by atoms with E-state index in [0.29, 0.717) is 10.2 Å². The fraction of sp³-hybridized carbons (Fsp3) is 0.200. The number of hydrogen-bond donors (Lipinski definition) is 2. The van der Waals surface area contributed by atoms with Crippen molar-refractivity contribution < 1.29 is 5.11 Å². The minimum absolute atomic E-state index is 0.512. The quantitative estimate of drug-likeness (QED) is 0.885. The van der Waals surface area contributed by atoms with Crippen molar-refractivity contribution in [2.24, 2.45) is 0 Å². The molecule has 0 saturated heterocycles. The van der Waals surface area contributed by atoms with Crippen molar-refractivity contribution >= 4 is 23.4 Å². The van der Waals surface area contributed by atoms with Crippen molar-refractivity contribution in [1.29, 1.82) is 0 Å². The molecule has 0 bridgehead atoms. The van der Waals surface area contributed by atoms with E-state index in [1.165, 1.54) is 18.1 Å². The Bertz CT molecular complexity index is 473. The summed E-state index contributed by atoms with van der Waals surface area (Å²) in [6.45, 7) is 1.70. The Morgan fingerprint density at radius 3 is 2.88 bits per heavy atom. The number of aromatic nitrogens is 3. The first-order chi connectivity index (χ1) is 7.66. The summed E-state index contributed by atoms with van der Waals surface area (Å²) in [4.78, 5) is 4.88. The molecule has 0 amide bonds. The maximum atomic E-state index is 9.40. The Hall–Kier alpha value is -1.04. The molecule has 1 atom stereocenters. The van der Waals surface area contributed by atoms with Crippen LogP contribution >= 0.6 is 23.4 Å². The highest BCUT2D eigenvalue weighted by Gasteiger charge is 2.08. The van der Waals surface area contributed by atoms with Gasteiger partial charge in [0.05, 0.1) is 11.1 Å². The van der Waals surface area contributed by atoms with Crippen molar-refractivity contribution in [3.05, 3.63) is 35.1 Å². The maximum Gasteiger partial charge on any atom is 0.188 e. The van der Waals surface area contributed by atoms with Gasteiger partial charge in [0, 0.05) is 4.90 Å². The van der Waals surface area contributed by atoms with Crippen LogP contribution in [0.2, 0.25) is 5.02 Å². The van der Waals surface area contributed by atoms with Gasteiger partial charge in [-0.1, -0.05) is 17.7 Å². The number of H-pyrrole nitrogens is 1. The fourth-order valence-electron chi connectivity index (χ4n) is 1.21. The predicted octanol–water partition coefficient (Wildman–Crippen LogP) is 2.66. The lowest BCUT2D eigenvalue weighted by atomic mass is 10.1. The van der Waals surface area contributed by atoms with Gasteiger partial charge in [-0.15, -0.1) is 0 Å². The first-order valence-electron chi connectivity index (χ1n) is 4.67. The van der Waals surface area contributed by atoms with Crippen LogP contribution in [0.15, 0.2) is 34.6 Å². The standard InChI is InChI=1S/C10H10ClN3OS/c1-6(15)7-2-3-9(8(11)4-7)16-10-12-5-13-14-10/h2-6,15H,1H3,(H,12,13,14). The van der Waals surface area contributed by atoms with Crippen molar-refractivity contribution in [2.75, 3.05) is 0 Å². The van der Waals surface area contributed by atoms with E-state index in [-0.39, 0.29) is 0 Å². The van der Waals surface area contributed by atoms with Crippen LogP contribution in [0.25, 0.3) is 0 Å². The molecule has 0 aliphatic heterocycles. The first kappa shape index (κ1) is 11.4. The molecule has 1 heterocycles. The number of nitrogens with zero attached hydrogens (tertiary/aromatic N) is 2. The zero-order valence-electron chi connectivity index (χ0n) is 8.51. The van der Waals surface area contributed by atoms with Crippen LogP contribution in [0.4, 0.5) is 0 Å². The maximum absolute atomic E-state index is 9.40. The van der Waals surface area contributed by atoms with Crippen molar-refractivity contribution in [3.63, 3.8) is 0 Å². The monoisotopic (exact) mass is 255 g/mol. The summed E-state index contributed by atoms with van der Waals surface area (Å²) < 4.78 is 0. The summed E-state index contributed by atoms with van der Waals surface area (Å²) in [7, 11) is 0. The van der Waals surface area contributed by atoms with Gasteiger partial charge in [-0.05, 0) is 36.4 Å². The summed E-state index contributed by atoms with van der Waals surface area (Å²) in [5.41, 5.74) is 0.798. The second-order valence-corrected chi connectivity index (χ2v) is 4.70. The number of benzene rings is 1. The Morgan fingerprint density at radius 1 is 1.50 bits per heavy atom. The molecule has 4 nitrogen and oxygen atoms in total. The Kier molecular flexibility index (Phi) is 3.48. The number of hydrogen-bond acceptors (Lipinski definition) is 4. The van der Waals surface area contributed by atoms with Gasteiger partial charge in [0.25, 0.3) is 0 Å². The topological polar surface area (TPSA) is 61.8 Å². The highest BCUT2D eigenvalue weighted by molar-refractivity contribution is 7.99. The molecule has 2 aromatic rings. The molecule has 1 unspecified atom stereocenters. The van der Waals surface area contributed by atoms with Crippen LogP contribution < -0.4 is 0 Å². The minimum Gasteiger partial charge on any atom is -0.389 e. The fourth-order valence-corrected chi connectivity index (χ4v) is 2.21. The highest BCUT2D eigenvalue weighted by atomic mass is 35.5. The van der Waals surface area contributed by atoms with Gasteiger partial charge in [-0.3, -0.25) is 5.10 Å². The van der Waals surface area contributed by atoms with E-state index in [2.05, 4.69) is 15.2 Å². The zero-order chi connectivity index (χ0) is 11.5. The van der Waals surface area contributed by atoms with Gasteiger partial charge >= 0.3 is 0 Å². The third-order valence-corrected chi connectivity index (χ3v) is 3.43. The van der Waals surface area contributed by atoms with Gasteiger partial charge in [0.2, 0.25) is 0 Å². The Labute approximate surface area is 102 Å². The number of rotatable bonds is 3. The average molecular weight is 256 g/mol. The molecule has 1 aromatic heterocycles. The smallest absolute Gasteiger partial charge is 0.188 e. The van der Waals surface area contributed by atoms with Crippen LogP contribution in [0, 0.1) is 0 Å². The highest BCUT2D eigenvalue weighted by Crippen LogP contribution is 2.32. The number of aliphatic hydroxyl groups is 1. The molecule has 0 radical (unpaired) electrons. The summed E-state index contributed by atoms with van der Waals surface area (Å²) in [5, 5.41) is 17.2. The van der Waals surface area contributed by atoms with Gasteiger partial charge in [-0.2, -0.15) is 5.10 Å². The molecule has 0 aliphatic carbocycles. The number of aromatic amines is 1. The molecule has 6 heteroatoms. The van der Waals surface area contributed by atoms with E-state index < -0.39 is 6.10 Å². The van der Waals surface area contributed by atoms with Crippen molar-refractivity contribution in [1.82, 2.24) is 15.2 Å². The molecule has 1 aromatic carbocycles. The summed E-state index contributed by atoms with van der Waals surface area (Å²) >= 11 is 7.49. The van der Waals surface area contributed by atoms with Crippen molar-refractivity contribution in [2.45, 2.75) is 23.1 Å². The molecule has 84 valence electrons. The van der Waals surface area contributed by atoms with Crippen LogP contribution in [-0.2, 0) is 0 Å². The molecule has 0 fully saturated rings. The average Bonchev–Trinajstić information content (AvgIpc) is 2.73. The Balaban J connectivity index is 2.23. The van der Waals surface area contributed by atoms with E-state index in [1.54, 1.807) is 13.0 Å². The lowest BCUT2D eigenvalue weighted by Gasteiger charge is -2.07. The predicted molar refractivity (Wildman–Crippen MR) is 62.6 cm³/mol. The van der Waals surface area contributed by atoms with Crippen LogP contribution in [-0.4, -0.2) is 20.3 Å². The molecule has 0 spiro atoms. The normalized spacial score (nSPS) is 12.7. The molecule has 2 N–H and O–H groups in total. The second-order valence-electron chi connectivity index (χ2n) is 3.26. The van der Waals surface area contributed by atoms with E-state index >= 15 is 0 Å². The number of halogens is 1. The summed E-state index contributed by atoms with van der Waals surface area (Å²) in [5.74, 6) is 0. The largest absolute Gasteiger partial charge is 0.389 e. The third kappa shape index (κ3) is 2.55. The van der Waals surface area contributed by atoms with Gasteiger partial charge in [0.1, 0.15) is 6.33 Å². The lowest BCUT2D eigenvalue weighted by molar-refractivity contribution is 0.199. The summed E-state index contributed by atoms with van der Waals surface area (Å²) in [6.07, 6.45) is 0.933. The van der Waals surface area contributed by atoms with Crippen LogP contribution in [0.5, 0.6) is 0 Å². The van der Waals surface area contributed by atoms with Gasteiger partial charge in [-0.25, -0.2) is 4.98 Å². The first-order valence-corrected chi connectivity index (χ1v) is 5.87. The third-order valence-electron chi connectivity index (χ3n) is 2.04. The summed E-state index contributed by atoms with van der Waals surface area (Å²) in [6, 6.07) is 5.46. The van der Waals surface area contributed by atoms with Gasteiger partial charge < -0.3 is 5.11 Å². The van der Waals surface area contributed by atoms with E-state index in [1.807, 2.05) is 12.1 Å². The SMILES string of the molecule is CC(O)c1ccc(Sc2ncn[nH]2)c(Cl)c1. The van der Waals surface area contributed by atoms with Gasteiger partial charge in [0.15, 0.2) is 5.16 Å². The second kappa shape index (κ2) is 4.86. The molecule has 0 saturated carbocycles. The number of aliphatic hydroxyl groups excluding tert-OH is 1. The zero-order valence-corrected chi connectivity index (χ0v) is 10.1.